The number of furan rings is 1. The van der Waals surface area contributed by atoms with Gasteiger partial charge in [-0.25, -0.2) is 4.79 Å². The summed E-state index contributed by atoms with van der Waals surface area (Å²) >= 11 is 1.38. The fourth-order valence-corrected chi connectivity index (χ4v) is 2.36. The monoisotopic (exact) mass is 250 g/mol. The van der Waals surface area contributed by atoms with Crippen LogP contribution in [0.3, 0.4) is 0 Å². The molecule has 0 fully saturated rings. The van der Waals surface area contributed by atoms with Crippen molar-refractivity contribution in [2.24, 2.45) is 0 Å². The van der Waals surface area contributed by atoms with Crippen molar-refractivity contribution >= 4 is 23.1 Å². The molecule has 17 heavy (non-hydrogen) atoms. The molecule has 0 saturated heterocycles. The van der Waals surface area contributed by atoms with Gasteiger partial charge in [0.25, 0.3) is 0 Å². The molecule has 0 amide bonds. The highest BCUT2D eigenvalue weighted by Gasteiger charge is 2.18. The summed E-state index contributed by atoms with van der Waals surface area (Å²) in [6.45, 7) is 3.86. The first-order valence-electron chi connectivity index (χ1n) is 4.94. The Bertz CT molecular complexity index is 572. The topological polar surface area (TPSA) is 67.5 Å². The molecule has 0 unspecified atom stereocenters. The Morgan fingerprint density at radius 1 is 1.24 bits per heavy atom. The van der Waals surface area contributed by atoms with Crippen LogP contribution in [-0.2, 0) is 0 Å². The minimum Gasteiger partial charge on any atom is -0.475 e. The van der Waals surface area contributed by atoms with Gasteiger partial charge in [-0.1, -0.05) is 0 Å². The second-order valence-corrected chi connectivity index (χ2v) is 4.90. The van der Waals surface area contributed by atoms with Crippen molar-refractivity contribution in [3.8, 4) is 0 Å². The molecule has 2 heterocycles. The number of hydrogen-bond acceptors (Lipinski definition) is 4. The molecule has 88 valence electrons. The predicted molar refractivity (Wildman–Crippen MR) is 62.9 cm³/mol. The van der Waals surface area contributed by atoms with Gasteiger partial charge in [0.2, 0.25) is 11.5 Å². The van der Waals surface area contributed by atoms with E-state index in [2.05, 4.69) is 0 Å². The van der Waals surface area contributed by atoms with E-state index >= 15 is 0 Å². The molecular weight excluding hydrogens is 240 g/mol. The molecule has 0 aliphatic heterocycles. The molecule has 4 nitrogen and oxygen atoms in total. The van der Waals surface area contributed by atoms with E-state index in [0.29, 0.717) is 4.88 Å². The normalized spacial score (nSPS) is 10.5. The average molecular weight is 250 g/mol. The van der Waals surface area contributed by atoms with Gasteiger partial charge >= 0.3 is 5.97 Å². The minimum atomic E-state index is -1.18. The summed E-state index contributed by atoms with van der Waals surface area (Å²) in [7, 11) is 0. The van der Waals surface area contributed by atoms with Crippen LogP contribution in [0.4, 0.5) is 0 Å². The molecule has 0 aromatic carbocycles. The molecule has 5 heteroatoms. The van der Waals surface area contributed by atoms with Gasteiger partial charge in [-0.15, -0.1) is 11.3 Å². The van der Waals surface area contributed by atoms with Crippen LogP contribution in [0.5, 0.6) is 0 Å². The molecule has 2 aromatic heterocycles. The third kappa shape index (κ3) is 2.14. The van der Waals surface area contributed by atoms with Gasteiger partial charge in [-0.3, -0.25) is 4.79 Å². The Balaban J connectivity index is 2.33. The zero-order valence-electron chi connectivity index (χ0n) is 9.31. The lowest BCUT2D eigenvalue weighted by Gasteiger charge is -1.91. The van der Waals surface area contributed by atoms with Crippen LogP contribution in [0.2, 0.25) is 0 Å². The maximum atomic E-state index is 12.0. The van der Waals surface area contributed by atoms with Gasteiger partial charge in [0.1, 0.15) is 0 Å². The van der Waals surface area contributed by atoms with Crippen LogP contribution in [0.25, 0.3) is 0 Å². The SMILES string of the molecule is Cc1cc(C(=O)c2ccc(C(=O)O)o2)sc1C. The van der Waals surface area contributed by atoms with E-state index in [1.807, 2.05) is 13.8 Å². The van der Waals surface area contributed by atoms with Gasteiger partial charge in [-0.2, -0.15) is 0 Å². The van der Waals surface area contributed by atoms with Crippen molar-refractivity contribution < 1.29 is 19.1 Å². The van der Waals surface area contributed by atoms with Crippen LogP contribution < -0.4 is 0 Å². The summed E-state index contributed by atoms with van der Waals surface area (Å²) in [5, 5.41) is 8.70. The summed E-state index contributed by atoms with van der Waals surface area (Å²) in [6.07, 6.45) is 0. The lowest BCUT2D eigenvalue weighted by Crippen LogP contribution is -1.97. The number of aryl methyl sites for hydroxylation is 2. The van der Waals surface area contributed by atoms with Crippen molar-refractivity contribution in [1.29, 1.82) is 0 Å². The third-order valence-corrected chi connectivity index (χ3v) is 3.58. The first-order valence-corrected chi connectivity index (χ1v) is 5.75. The molecule has 0 spiro atoms. The highest BCUT2D eigenvalue weighted by molar-refractivity contribution is 7.14. The second kappa shape index (κ2) is 4.18. The first-order chi connectivity index (χ1) is 7.99. The molecule has 0 radical (unpaired) electrons. The average Bonchev–Trinajstić information content (AvgIpc) is 2.86. The van der Waals surface area contributed by atoms with Gasteiger partial charge in [0, 0.05) is 4.88 Å². The fourth-order valence-electron chi connectivity index (χ4n) is 1.38. The predicted octanol–water partition coefficient (Wildman–Crippen LogP) is 2.89. The lowest BCUT2D eigenvalue weighted by atomic mass is 10.2. The summed E-state index contributed by atoms with van der Waals surface area (Å²) in [5.74, 6) is -1.62. The van der Waals surface area contributed by atoms with E-state index in [9.17, 15) is 9.59 Å². The zero-order valence-corrected chi connectivity index (χ0v) is 10.1. The quantitative estimate of drug-likeness (QED) is 0.850. The van der Waals surface area contributed by atoms with Crippen molar-refractivity contribution in [2.75, 3.05) is 0 Å². The van der Waals surface area contributed by atoms with Crippen molar-refractivity contribution in [3.63, 3.8) is 0 Å². The van der Waals surface area contributed by atoms with Crippen molar-refractivity contribution in [3.05, 3.63) is 45.0 Å². The molecule has 2 aromatic rings. The van der Waals surface area contributed by atoms with E-state index < -0.39 is 5.97 Å². The number of thiophene rings is 1. The Labute approximate surface area is 102 Å². The third-order valence-electron chi connectivity index (χ3n) is 2.43. The summed E-state index contributed by atoms with van der Waals surface area (Å²) < 4.78 is 4.97. The minimum absolute atomic E-state index is 0.0589. The molecular formula is C12H10O4S. The smallest absolute Gasteiger partial charge is 0.371 e. The van der Waals surface area contributed by atoms with Crippen LogP contribution in [0.1, 0.15) is 36.4 Å². The maximum Gasteiger partial charge on any atom is 0.371 e. The van der Waals surface area contributed by atoms with Crippen LogP contribution in [-0.4, -0.2) is 16.9 Å². The maximum absolute atomic E-state index is 12.0. The standard InChI is InChI=1S/C12H10O4S/c1-6-5-10(17-7(6)2)11(13)8-3-4-9(16-8)12(14)15/h3-5H,1-2H3,(H,14,15). The van der Waals surface area contributed by atoms with Crippen molar-refractivity contribution in [1.82, 2.24) is 0 Å². The number of carbonyl (C=O) groups is 2. The summed E-state index contributed by atoms with van der Waals surface area (Å²) in [6, 6.07) is 4.45. The Hall–Kier alpha value is -1.88. The van der Waals surface area contributed by atoms with Crippen LogP contribution in [0, 0.1) is 13.8 Å². The number of carboxylic acid groups (broad SMARTS) is 1. The number of carbonyl (C=O) groups excluding carboxylic acids is 1. The molecule has 0 bridgehead atoms. The molecule has 0 aliphatic carbocycles. The molecule has 0 atom stereocenters. The summed E-state index contributed by atoms with van der Waals surface area (Å²) in [4.78, 5) is 24.2. The van der Waals surface area contributed by atoms with Crippen molar-refractivity contribution in [2.45, 2.75) is 13.8 Å². The van der Waals surface area contributed by atoms with Gasteiger partial charge in [-0.05, 0) is 37.6 Å². The second-order valence-electron chi connectivity index (χ2n) is 3.65. The Morgan fingerprint density at radius 2 is 1.88 bits per heavy atom. The first kappa shape index (κ1) is 11.6. The molecule has 0 aliphatic rings. The molecule has 0 saturated carbocycles. The van der Waals surface area contributed by atoms with Gasteiger partial charge < -0.3 is 9.52 Å². The van der Waals surface area contributed by atoms with E-state index in [-0.39, 0.29) is 17.3 Å². The number of hydrogen-bond donors (Lipinski definition) is 1. The molecule has 2 rings (SSSR count). The van der Waals surface area contributed by atoms with E-state index in [1.54, 1.807) is 6.07 Å². The molecule has 1 N–H and O–H groups in total. The summed E-state index contributed by atoms with van der Waals surface area (Å²) in [5.41, 5.74) is 1.04. The van der Waals surface area contributed by atoms with Gasteiger partial charge in [0.15, 0.2) is 5.76 Å². The Morgan fingerprint density at radius 3 is 2.35 bits per heavy atom. The number of carboxylic acids is 1. The number of aromatic carboxylic acids is 1. The number of ketones is 1. The van der Waals surface area contributed by atoms with E-state index in [0.717, 1.165) is 10.4 Å². The fraction of sp³-hybridized carbons (Fsp3) is 0.167. The zero-order chi connectivity index (χ0) is 12.6. The lowest BCUT2D eigenvalue weighted by molar-refractivity contribution is 0.0660. The van der Waals surface area contributed by atoms with E-state index in [4.69, 9.17) is 9.52 Å². The highest BCUT2D eigenvalue weighted by atomic mass is 32.1. The Kier molecular flexibility index (Phi) is 2.85. The van der Waals surface area contributed by atoms with Crippen LogP contribution in [0.15, 0.2) is 22.6 Å². The highest BCUT2D eigenvalue weighted by Crippen LogP contribution is 2.24. The van der Waals surface area contributed by atoms with E-state index in [1.165, 1.54) is 23.5 Å². The van der Waals surface area contributed by atoms with Crippen LogP contribution >= 0.6 is 11.3 Å². The van der Waals surface area contributed by atoms with Gasteiger partial charge in [0.05, 0.1) is 4.88 Å². The number of rotatable bonds is 3. The largest absolute Gasteiger partial charge is 0.475 e.